The second-order valence-electron chi connectivity index (χ2n) is 2.02. The number of hydrazine groups is 1. The minimum absolute atomic E-state index is 0.938. The number of nitrogen functional groups attached to an aromatic ring is 1. The molecule has 0 bridgehead atoms. The van der Waals surface area contributed by atoms with Crippen LogP contribution in [0.4, 0.5) is 5.69 Å². The second kappa shape index (κ2) is 5.69. The van der Waals surface area contributed by atoms with E-state index in [9.17, 15) is 0 Å². The Morgan fingerprint density at radius 1 is 1.15 bits per heavy atom. The Kier molecular flexibility index (Phi) is 5.29. The molecule has 0 unspecified atom stereocenters. The number of rotatable bonds is 1. The fraction of sp³-hybridized carbons (Fsp3) is 0. The molecule has 0 saturated carbocycles. The number of para-hydroxylation sites is 1. The maximum Gasteiger partial charge on any atom is 0.466 e. The van der Waals surface area contributed by atoms with Crippen molar-refractivity contribution in [1.29, 1.82) is 0 Å². The molecule has 13 heavy (non-hydrogen) atoms. The van der Waals surface area contributed by atoms with Gasteiger partial charge < -0.3 is 20.1 Å². The van der Waals surface area contributed by atoms with Crippen molar-refractivity contribution in [2.75, 3.05) is 5.43 Å². The van der Waals surface area contributed by atoms with Crippen LogP contribution in [0.25, 0.3) is 0 Å². The van der Waals surface area contributed by atoms with Crippen molar-refractivity contribution in [3.05, 3.63) is 30.3 Å². The Morgan fingerprint density at radius 2 is 1.54 bits per heavy atom. The van der Waals surface area contributed by atoms with Crippen LogP contribution in [0.2, 0.25) is 0 Å². The van der Waals surface area contributed by atoms with Crippen LogP contribution in [0.5, 0.6) is 0 Å². The smallest absolute Gasteiger partial charge is 0.324 e. The molecule has 6 N–H and O–H groups in total. The number of nitrogens with two attached hydrogens (primary N) is 1. The average Bonchev–Trinajstić information content (AvgIpc) is 2.03. The number of anilines is 1. The summed E-state index contributed by atoms with van der Waals surface area (Å²) in [5.74, 6) is 5.10. The molecule has 0 fully saturated rings. The highest BCUT2D eigenvalue weighted by Crippen LogP contribution is 2.25. The van der Waals surface area contributed by atoms with Gasteiger partial charge >= 0.3 is 7.82 Å². The number of hydrogen-bond donors (Lipinski definition) is 5. The van der Waals surface area contributed by atoms with Crippen molar-refractivity contribution in [1.82, 2.24) is 0 Å². The van der Waals surface area contributed by atoms with Gasteiger partial charge in [0.25, 0.3) is 0 Å². The van der Waals surface area contributed by atoms with Crippen LogP contribution in [0.3, 0.4) is 0 Å². The predicted molar refractivity (Wildman–Crippen MR) is 48.5 cm³/mol. The summed E-state index contributed by atoms with van der Waals surface area (Å²) in [5.41, 5.74) is 3.46. The third-order valence-electron chi connectivity index (χ3n) is 0.940. The molecule has 7 heteroatoms. The summed E-state index contributed by atoms with van der Waals surface area (Å²) in [6.07, 6.45) is 0. The molecule has 0 aliphatic rings. The van der Waals surface area contributed by atoms with Gasteiger partial charge in [-0.3, -0.25) is 5.84 Å². The van der Waals surface area contributed by atoms with Crippen molar-refractivity contribution in [2.24, 2.45) is 5.84 Å². The van der Waals surface area contributed by atoms with E-state index in [1.807, 2.05) is 30.3 Å². The van der Waals surface area contributed by atoms with Gasteiger partial charge in [-0.1, -0.05) is 18.2 Å². The Labute approximate surface area is 75.2 Å². The van der Waals surface area contributed by atoms with Gasteiger partial charge in [0.2, 0.25) is 0 Å². The van der Waals surface area contributed by atoms with Gasteiger partial charge in [-0.15, -0.1) is 0 Å². The molecule has 1 rings (SSSR count). The predicted octanol–water partition coefficient (Wildman–Crippen LogP) is 0.0436. The molecule has 0 saturated heterocycles. The standard InChI is InChI=1S/C6H8N2.H3O4P/c7-8-6-4-2-1-3-5-6;1-5(2,3)4/h1-5,8H,7H2;(H3,1,2,3,4). The van der Waals surface area contributed by atoms with Crippen molar-refractivity contribution in [3.8, 4) is 0 Å². The van der Waals surface area contributed by atoms with Crippen molar-refractivity contribution >= 4 is 13.5 Å². The lowest BCUT2D eigenvalue weighted by atomic mass is 10.3. The monoisotopic (exact) mass is 206 g/mol. The summed E-state index contributed by atoms with van der Waals surface area (Å²) in [6.45, 7) is 0. The van der Waals surface area contributed by atoms with E-state index < -0.39 is 7.82 Å². The molecule has 0 heterocycles. The Balaban J connectivity index is 0.000000252. The molecule has 0 atom stereocenters. The van der Waals surface area contributed by atoms with Gasteiger partial charge in [-0.25, -0.2) is 4.57 Å². The summed E-state index contributed by atoms with van der Waals surface area (Å²) in [4.78, 5) is 21.6. The van der Waals surface area contributed by atoms with Crippen LogP contribution in [0.1, 0.15) is 0 Å². The van der Waals surface area contributed by atoms with E-state index in [1.165, 1.54) is 0 Å². The summed E-state index contributed by atoms with van der Waals surface area (Å²) < 4.78 is 8.88. The molecule has 0 amide bonds. The first-order chi connectivity index (χ1) is 5.93. The van der Waals surface area contributed by atoms with E-state index in [0.717, 1.165) is 5.69 Å². The zero-order chi connectivity index (χ0) is 10.3. The first-order valence-corrected chi connectivity index (χ1v) is 4.80. The molecule has 1 aromatic rings. The third-order valence-corrected chi connectivity index (χ3v) is 0.940. The first kappa shape index (κ1) is 12.1. The van der Waals surface area contributed by atoms with Crippen LogP contribution in [0.15, 0.2) is 30.3 Å². The van der Waals surface area contributed by atoms with Crippen LogP contribution in [-0.4, -0.2) is 14.7 Å². The van der Waals surface area contributed by atoms with Gasteiger partial charge in [-0.05, 0) is 12.1 Å². The highest BCUT2D eigenvalue weighted by Gasteiger charge is 2.00. The summed E-state index contributed by atoms with van der Waals surface area (Å²) in [6, 6.07) is 9.60. The second-order valence-corrected chi connectivity index (χ2v) is 3.05. The SMILES string of the molecule is NNc1ccccc1.O=P(O)(O)O. The molecule has 0 radical (unpaired) electrons. The summed E-state index contributed by atoms with van der Waals surface area (Å²) in [7, 11) is -4.64. The summed E-state index contributed by atoms with van der Waals surface area (Å²) >= 11 is 0. The molecule has 6 nitrogen and oxygen atoms in total. The van der Waals surface area contributed by atoms with E-state index in [2.05, 4.69) is 5.43 Å². The molecule has 0 spiro atoms. The topological polar surface area (TPSA) is 116 Å². The van der Waals surface area contributed by atoms with E-state index in [4.69, 9.17) is 25.1 Å². The Bertz CT molecular complexity index is 265. The van der Waals surface area contributed by atoms with Gasteiger partial charge in [0.15, 0.2) is 0 Å². The zero-order valence-electron chi connectivity index (χ0n) is 6.66. The molecule has 0 aliphatic carbocycles. The highest BCUT2D eigenvalue weighted by atomic mass is 31.2. The normalized spacial score (nSPS) is 9.85. The van der Waals surface area contributed by atoms with Crippen molar-refractivity contribution < 1.29 is 19.2 Å². The first-order valence-electron chi connectivity index (χ1n) is 3.23. The Hall–Kier alpha value is -0.910. The lowest BCUT2D eigenvalue weighted by molar-refractivity contribution is 0.275. The molecule has 0 aliphatic heterocycles. The average molecular weight is 206 g/mol. The fourth-order valence-electron chi connectivity index (χ4n) is 0.534. The number of phosphoric acid groups is 1. The van der Waals surface area contributed by atoms with E-state index in [1.54, 1.807) is 0 Å². The zero-order valence-corrected chi connectivity index (χ0v) is 7.56. The number of hydrogen-bond acceptors (Lipinski definition) is 3. The van der Waals surface area contributed by atoms with E-state index in [-0.39, 0.29) is 0 Å². The third kappa shape index (κ3) is 11.1. The van der Waals surface area contributed by atoms with E-state index >= 15 is 0 Å². The van der Waals surface area contributed by atoms with Gasteiger partial charge in [0, 0.05) is 5.69 Å². The number of benzene rings is 1. The number of nitrogens with one attached hydrogen (secondary N) is 1. The molecule has 1 aromatic carbocycles. The fourth-order valence-corrected chi connectivity index (χ4v) is 0.534. The molecule has 0 aromatic heterocycles. The maximum absolute atomic E-state index is 8.88. The lowest BCUT2D eigenvalue weighted by Gasteiger charge is -1.94. The molecular formula is C6H11N2O4P. The Morgan fingerprint density at radius 3 is 1.77 bits per heavy atom. The van der Waals surface area contributed by atoms with Gasteiger partial charge in [0.1, 0.15) is 0 Å². The van der Waals surface area contributed by atoms with E-state index in [0.29, 0.717) is 0 Å². The minimum Gasteiger partial charge on any atom is -0.324 e. The minimum atomic E-state index is -4.64. The van der Waals surface area contributed by atoms with Crippen LogP contribution in [-0.2, 0) is 4.57 Å². The van der Waals surface area contributed by atoms with Crippen molar-refractivity contribution in [2.45, 2.75) is 0 Å². The molecular weight excluding hydrogens is 195 g/mol. The highest BCUT2D eigenvalue weighted by molar-refractivity contribution is 7.45. The van der Waals surface area contributed by atoms with Crippen LogP contribution in [0, 0.1) is 0 Å². The van der Waals surface area contributed by atoms with Crippen molar-refractivity contribution in [3.63, 3.8) is 0 Å². The molecule has 74 valence electrons. The quantitative estimate of drug-likeness (QED) is 0.252. The maximum atomic E-state index is 8.88. The van der Waals surface area contributed by atoms with Gasteiger partial charge in [0.05, 0.1) is 0 Å². The van der Waals surface area contributed by atoms with Gasteiger partial charge in [-0.2, -0.15) is 0 Å². The summed E-state index contributed by atoms with van der Waals surface area (Å²) in [5, 5.41) is 0. The van der Waals surface area contributed by atoms with Crippen LogP contribution >= 0.6 is 7.82 Å². The van der Waals surface area contributed by atoms with Crippen LogP contribution < -0.4 is 11.3 Å². The largest absolute Gasteiger partial charge is 0.466 e. The lowest BCUT2D eigenvalue weighted by Crippen LogP contribution is -2.05.